The van der Waals surface area contributed by atoms with E-state index in [1.807, 2.05) is 0 Å². The molecule has 2 aromatic rings. The Kier molecular flexibility index (Phi) is 7.63. The standard InChI is InChI=1S/C19H24N2O5S/c1-2-21(27(24,25)18-7-4-3-5-8-18)16-9-11-17(12-10-16)26-15-19(23)20-13-6-14-22/h3-5,7-12,22H,2,6,13-15H2,1H3,(H,20,23). The molecule has 0 saturated heterocycles. The van der Waals surface area contributed by atoms with Crippen LogP contribution in [-0.4, -0.2) is 45.7 Å². The predicted molar refractivity (Wildman–Crippen MR) is 103 cm³/mol. The van der Waals surface area contributed by atoms with Crippen LogP contribution in [0.15, 0.2) is 59.5 Å². The monoisotopic (exact) mass is 392 g/mol. The highest BCUT2D eigenvalue weighted by Gasteiger charge is 2.23. The van der Waals surface area contributed by atoms with E-state index in [0.717, 1.165) is 0 Å². The average Bonchev–Trinajstić information content (AvgIpc) is 2.68. The normalized spacial score (nSPS) is 11.0. The van der Waals surface area contributed by atoms with Gasteiger partial charge in [-0.25, -0.2) is 8.42 Å². The number of aliphatic hydroxyl groups excluding tert-OH is 1. The Bertz CT molecular complexity index is 823. The molecule has 27 heavy (non-hydrogen) atoms. The zero-order valence-electron chi connectivity index (χ0n) is 15.2. The summed E-state index contributed by atoms with van der Waals surface area (Å²) in [5.41, 5.74) is 0.515. The molecule has 7 nitrogen and oxygen atoms in total. The first-order valence-electron chi connectivity index (χ1n) is 8.67. The number of ether oxygens (including phenoxy) is 1. The molecule has 0 fully saturated rings. The third-order valence-corrected chi connectivity index (χ3v) is 5.69. The molecule has 0 aromatic heterocycles. The van der Waals surface area contributed by atoms with Gasteiger partial charge >= 0.3 is 0 Å². The molecular formula is C19H24N2O5S. The molecule has 0 atom stereocenters. The van der Waals surface area contributed by atoms with Crippen molar-refractivity contribution in [2.45, 2.75) is 18.2 Å². The Hall–Kier alpha value is -2.58. The Morgan fingerprint density at radius 1 is 1.11 bits per heavy atom. The van der Waals surface area contributed by atoms with E-state index < -0.39 is 10.0 Å². The second-order valence-electron chi connectivity index (χ2n) is 5.69. The van der Waals surface area contributed by atoms with E-state index >= 15 is 0 Å². The van der Waals surface area contributed by atoms with Gasteiger partial charge in [-0.3, -0.25) is 9.10 Å². The van der Waals surface area contributed by atoms with Crippen molar-refractivity contribution in [3.63, 3.8) is 0 Å². The van der Waals surface area contributed by atoms with E-state index in [4.69, 9.17) is 9.84 Å². The highest BCUT2D eigenvalue weighted by molar-refractivity contribution is 7.92. The second-order valence-corrected chi connectivity index (χ2v) is 7.55. The van der Waals surface area contributed by atoms with E-state index in [9.17, 15) is 13.2 Å². The van der Waals surface area contributed by atoms with Crippen molar-refractivity contribution in [2.75, 3.05) is 30.6 Å². The summed E-state index contributed by atoms with van der Waals surface area (Å²) in [4.78, 5) is 11.8. The minimum Gasteiger partial charge on any atom is -0.484 e. The topological polar surface area (TPSA) is 95.9 Å². The van der Waals surface area contributed by atoms with Crippen molar-refractivity contribution in [1.29, 1.82) is 0 Å². The van der Waals surface area contributed by atoms with E-state index in [2.05, 4.69) is 5.32 Å². The lowest BCUT2D eigenvalue weighted by Crippen LogP contribution is -2.31. The third kappa shape index (κ3) is 5.70. The quantitative estimate of drug-likeness (QED) is 0.601. The lowest BCUT2D eigenvalue weighted by molar-refractivity contribution is -0.123. The van der Waals surface area contributed by atoms with Crippen molar-refractivity contribution < 1.29 is 23.1 Å². The SMILES string of the molecule is CCN(c1ccc(OCC(=O)NCCCO)cc1)S(=O)(=O)c1ccccc1. The van der Waals surface area contributed by atoms with Gasteiger partial charge in [0.15, 0.2) is 6.61 Å². The fourth-order valence-corrected chi connectivity index (χ4v) is 3.92. The summed E-state index contributed by atoms with van der Waals surface area (Å²) >= 11 is 0. The summed E-state index contributed by atoms with van der Waals surface area (Å²) in [6, 6.07) is 14.8. The number of amides is 1. The number of rotatable bonds is 10. The predicted octanol–water partition coefficient (Wildman–Crippen LogP) is 1.78. The Balaban J connectivity index is 2.03. The summed E-state index contributed by atoms with van der Waals surface area (Å²) in [5.74, 6) is 0.179. The maximum absolute atomic E-state index is 12.8. The van der Waals surface area contributed by atoms with Crippen molar-refractivity contribution in [3.05, 3.63) is 54.6 Å². The molecule has 0 aliphatic heterocycles. The van der Waals surface area contributed by atoms with Gasteiger partial charge in [0.25, 0.3) is 15.9 Å². The molecule has 0 radical (unpaired) electrons. The number of sulfonamides is 1. The van der Waals surface area contributed by atoms with E-state index in [-0.39, 0.29) is 30.6 Å². The molecule has 2 aromatic carbocycles. The van der Waals surface area contributed by atoms with Crippen LogP contribution in [0.4, 0.5) is 5.69 Å². The summed E-state index contributed by atoms with van der Waals surface area (Å²) < 4.78 is 32.3. The van der Waals surface area contributed by atoms with Gasteiger partial charge in [-0.2, -0.15) is 0 Å². The first-order valence-corrected chi connectivity index (χ1v) is 10.1. The van der Waals surface area contributed by atoms with Gasteiger partial charge < -0.3 is 15.2 Å². The molecule has 0 spiro atoms. The largest absolute Gasteiger partial charge is 0.484 e. The second kappa shape index (κ2) is 9.94. The van der Waals surface area contributed by atoms with Gasteiger partial charge in [-0.15, -0.1) is 0 Å². The number of hydrogen-bond donors (Lipinski definition) is 2. The van der Waals surface area contributed by atoms with Crippen molar-refractivity contribution in [2.24, 2.45) is 0 Å². The number of hydrogen-bond acceptors (Lipinski definition) is 5. The molecule has 2 N–H and O–H groups in total. The molecule has 0 unspecified atom stereocenters. The first kappa shape index (κ1) is 20.7. The lowest BCUT2D eigenvalue weighted by Gasteiger charge is -2.23. The highest BCUT2D eigenvalue weighted by atomic mass is 32.2. The zero-order chi connectivity index (χ0) is 19.7. The fraction of sp³-hybridized carbons (Fsp3) is 0.316. The number of benzene rings is 2. The van der Waals surface area contributed by atoms with Crippen LogP contribution in [0.25, 0.3) is 0 Å². The maximum atomic E-state index is 12.8. The van der Waals surface area contributed by atoms with Crippen LogP contribution in [0.5, 0.6) is 5.75 Å². The minimum atomic E-state index is -3.65. The van der Waals surface area contributed by atoms with Crippen LogP contribution in [0.3, 0.4) is 0 Å². The molecule has 0 saturated carbocycles. The number of aliphatic hydroxyl groups is 1. The van der Waals surface area contributed by atoms with E-state index in [1.54, 1.807) is 61.5 Å². The molecule has 8 heteroatoms. The van der Waals surface area contributed by atoms with E-state index in [0.29, 0.717) is 24.4 Å². The molecule has 146 valence electrons. The van der Waals surface area contributed by atoms with Crippen LogP contribution in [-0.2, 0) is 14.8 Å². The molecule has 0 heterocycles. The van der Waals surface area contributed by atoms with Crippen molar-refractivity contribution in [1.82, 2.24) is 5.32 Å². The number of nitrogens with one attached hydrogen (secondary N) is 1. The zero-order valence-corrected chi connectivity index (χ0v) is 16.0. The molecule has 0 aliphatic carbocycles. The van der Waals surface area contributed by atoms with Crippen molar-refractivity contribution in [3.8, 4) is 5.75 Å². The summed E-state index contributed by atoms with van der Waals surface area (Å²) in [7, 11) is -3.65. The van der Waals surface area contributed by atoms with Crippen molar-refractivity contribution >= 4 is 21.6 Å². The van der Waals surface area contributed by atoms with Crippen LogP contribution < -0.4 is 14.4 Å². The van der Waals surface area contributed by atoms with Crippen LogP contribution in [0.1, 0.15) is 13.3 Å². The summed E-state index contributed by atoms with van der Waals surface area (Å²) in [5, 5.41) is 11.3. The van der Waals surface area contributed by atoms with Gasteiger partial charge in [0.05, 0.1) is 10.6 Å². The Morgan fingerprint density at radius 2 is 1.78 bits per heavy atom. The fourth-order valence-electron chi connectivity index (χ4n) is 2.43. The molecule has 1 amide bonds. The average molecular weight is 392 g/mol. The smallest absolute Gasteiger partial charge is 0.264 e. The van der Waals surface area contributed by atoms with Gasteiger partial charge in [-0.05, 0) is 49.7 Å². The summed E-state index contributed by atoms with van der Waals surface area (Å²) in [6.45, 7) is 2.31. The van der Waals surface area contributed by atoms with Crippen LogP contribution >= 0.6 is 0 Å². The highest BCUT2D eigenvalue weighted by Crippen LogP contribution is 2.25. The van der Waals surface area contributed by atoms with E-state index in [1.165, 1.54) is 4.31 Å². The summed E-state index contributed by atoms with van der Waals surface area (Å²) in [6.07, 6.45) is 0.489. The molecule has 2 rings (SSSR count). The maximum Gasteiger partial charge on any atom is 0.264 e. The van der Waals surface area contributed by atoms with Gasteiger partial charge in [0.2, 0.25) is 0 Å². The van der Waals surface area contributed by atoms with Gasteiger partial charge in [0, 0.05) is 19.7 Å². The first-order chi connectivity index (χ1) is 13.0. The van der Waals surface area contributed by atoms with Crippen LogP contribution in [0, 0.1) is 0 Å². The lowest BCUT2D eigenvalue weighted by atomic mass is 10.3. The number of carbonyl (C=O) groups is 1. The Morgan fingerprint density at radius 3 is 2.37 bits per heavy atom. The Labute approximate surface area is 159 Å². The number of anilines is 1. The third-order valence-electron chi connectivity index (χ3n) is 3.77. The van der Waals surface area contributed by atoms with Gasteiger partial charge in [-0.1, -0.05) is 18.2 Å². The van der Waals surface area contributed by atoms with Gasteiger partial charge in [0.1, 0.15) is 5.75 Å². The molecular weight excluding hydrogens is 368 g/mol. The number of nitrogens with zero attached hydrogens (tertiary/aromatic N) is 1. The molecule has 0 bridgehead atoms. The molecule has 0 aliphatic rings. The number of carbonyl (C=O) groups excluding carboxylic acids is 1. The minimum absolute atomic E-state index is 0.0163. The van der Waals surface area contributed by atoms with Crippen LogP contribution in [0.2, 0.25) is 0 Å².